The van der Waals surface area contributed by atoms with Crippen LogP contribution in [0.4, 0.5) is 5.69 Å². The van der Waals surface area contributed by atoms with E-state index in [0.29, 0.717) is 5.56 Å². The summed E-state index contributed by atoms with van der Waals surface area (Å²) in [5, 5.41) is 4.68. The van der Waals surface area contributed by atoms with E-state index in [4.69, 9.17) is 4.84 Å². The molecule has 3 rings (SSSR count). The summed E-state index contributed by atoms with van der Waals surface area (Å²) in [4.78, 5) is 17.6. The number of hydrogen-bond donors (Lipinski definition) is 1. The molecule has 0 radical (unpaired) electrons. The van der Waals surface area contributed by atoms with Gasteiger partial charge in [-0.3, -0.25) is 9.63 Å². The van der Waals surface area contributed by atoms with Crippen molar-refractivity contribution in [2.24, 2.45) is 0 Å². The lowest BCUT2D eigenvalue weighted by Crippen LogP contribution is -2.42. The molecule has 0 bridgehead atoms. The Hall–Kier alpha value is -2.33. The van der Waals surface area contributed by atoms with Crippen LogP contribution in [-0.2, 0) is 4.84 Å². The first-order chi connectivity index (χ1) is 9.31. The van der Waals surface area contributed by atoms with Gasteiger partial charge in [-0.15, -0.1) is 0 Å². The molecule has 1 amide bonds. The number of nitrogens with zero attached hydrogens (tertiary/aromatic N) is 1. The standard InChI is InChI=1S/C15H14N2O2/c1-19-17-14(11-7-3-2-4-8-11)16-13-10-6-5-9-12(13)15(17)18/h2-10,14,16H,1H3. The van der Waals surface area contributed by atoms with Gasteiger partial charge in [-0.05, 0) is 17.7 Å². The minimum Gasteiger partial charge on any atom is -0.359 e. The zero-order valence-corrected chi connectivity index (χ0v) is 10.5. The number of hydrogen-bond acceptors (Lipinski definition) is 3. The van der Waals surface area contributed by atoms with Crippen LogP contribution in [0.5, 0.6) is 0 Å². The second kappa shape index (κ2) is 4.74. The highest BCUT2D eigenvalue weighted by Gasteiger charge is 2.33. The number of anilines is 1. The molecule has 0 saturated heterocycles. The van der Waals surface area contributed by atoms with Gasteiger partial charge in [0.1, 0.15) is 0 Å². The Bertz CT molecular complexity index is 598. The third-order valence-corrected chi connectivity index (χ3v) is 3.20. The number of amides is 1. The van der Waals surface area contributed by atoms with Crippen molar-refractivity contribution in [1.29, 1.82) is 0 Å². The monoisotopic (exact) mass is 254 g/mol. The molecule has 1 aliphatic rings. The van der Waals surface area contributed by atoms with Crippen molar-refractivity contribution in [1.82, 2.24) is 5.06 Å². The third-order valence-electron chi connectivity index (χ3n) is 3.20. The highest BCUT2D eigenvalue weighted by molar-refractivity contribution is 6.01. The average molecular weight is 254 g/mol. The normalized spacial score (nSPS) is 17.8. The average Bonchev–Trinajstić information content (AvgIpc) is 2.48. The van der Waals surface area contributed by atoms with Gasteiger partial charge in [0, 0.05) is 5.69 Å². The van der Waals surface area contributed by atoms with Gasteiger partial charge < -0.3 is 5.32 Å². The lowest BCUT2D eigenvalue weighted by molar-refractivity contribution is -0.120. The lowest BCUT2D eigenvalue weighted by Gasteiger charge is -2.35. The molecule has 2 aromatic rings. The number of nitrogens with one attached hydrogen (secondary N) is 1. The van der Waals surface area contributed by atoms with Crippen LogP contribution in [0, 0.1) is 0 Å². The molecule has 0 aliphatic carbocycles. The summed E-state index contributed by atoms with van der Waals surface area (Å²) in [6.45, 7) is 0. The second-order valence-corrected chi connectivity index (χ2v) is 4.32. The fourth-order valence-electron chi connectivity index (χ4n) is 2.28. The quantitative estimate of drug-likeness (QED) is 0.896. The number of para-hydroxylation sites is 1. The Balaban J connectivity index is 2.05. The van der Waals surface area contributed by atoms with Crippen molar-refractivity contribution in [2.45, 2.75) is 6.17 Å². The predicted molar refractivity (Wildman–Crippen MR) is 72.4 cm³/mol. The lowest BCUT2D eigenvalue weighted by atomic mass is 10.1. The Kier molecular flexibility index (Phi) is 2.93. The van der Waals surface area contributed by atoms with E-state index < -0.39 is 0 Å². The molecule has 1 aliphatic heterocycles. The van der Waals surface area contributed by atoms with Crippen molar-refractivity contribution in [3.63, 3.8) is 0 Å². The maximum atomic E-state index is 12.4. The highest BCUT2D eigenvalue weighted by atomic mass is 16.7. The van der Waals surface area contributed by atoms with Crippen molar-refractivity contribution in [3.8, 4) is 0 Å². The van der Waals surface area contributed by atoms with Crippen LogP contribution in [0.25, 0.3) is 0 Å². The van der Waals surface area contributed by atoms with Crippen molar-refractivity contribution in [3.05, 3.63) is 65.7 Å². The largest absolute Gasteiger partial charge is 0.359 e. The molecule has 4 nitrogen and oxygen atoms in total. The SMILES string of the molecule is CON1C(=O)c2ccccc2NC1c1ccccc1. The van der Waals surface area contributed by atoms with Crippen molar-refractivity contribution in [2.75, 3.05) is 12.4 Å². The molecule has 0 spiro atoms. The number of fused-ring (bicyclic) bond motifs is 1. The van der Waals surface area contributed by atoms with E-state index in [1.54, 1.807) is 6.07 Å². The summed E-state index contributed by atoms with van der Waals surface area (Å²) in [7, 11) is 1.50. The van der Waals surface area contributed by atoms with Crippen LogP contribution in [0.1, 0.15) is 22.1 Å². The van der Waals surface area contributed by atoms with Crippen LogP contribution in [0.15, 0.2) is 54.6 Å². The minimum absolute atomic E-state index is 0.134. The van der Waals surface area contributed by atoms with E-state index in [2.05, 4.69) is 5.32 Å². The maximum absolute atomic E-state index is 12.4. The van der Waals surface area contributed by atoms with E-state index in [0.717, 1.165) is 11.3 Å². The highest BCUT2D eigenvalue weighted by Crippen LogP contribution is 2.32. The van der Waals surface area contributed by atoms with Gasteiger partial charge in [0.2, 0.25) is 0 Å². The topological polar surface area (TPSA) is 41.6 Å². The Morgan fingerprint density at radius 3 is 2.47 bits per heavy atom. The molecule has 2 aromatic carbocycles. The van der Waals surface area contributed by atoms with Crippen LogP contribution < -0.4 is 5.32 Å². The Labute approximate surface area is 111 Å². The molecule has 0 fully saturated rings. The molecule has 1 N–H and O–H groups in total. The first-order valence-corrected chi connectivity index (χ1v) is 6.09. The summed E-state index contributed by atoms with van der Waals surface area (Å²) >= 11 is 0. The molecule has 96 valence electrons. The number of rotatable bonds is 2. The molecular weight excluding hydrogens is 240 g/mol. The summed E-state index contributed by atoms with van der Waals surface area (Å²) in [6, 6.07) is 17.2. The van der Waals surface area contributed by atoms with E-state index in [9.17, 15) is 4.79 Å². The smallest absolute Gasteiger partial charge is 0.281 e. The van der Waals surface area contributed by atoms with Crippen LogP contribution in [0.3, 0.4) is 0 Å². The number of carbonyl (C=O) groups excluding carboxylic acids is 1. The molecular formula is C15H14N2O2. The van der Waals surface area contributed by atoms with Gasteiger partial charge >= 0.3 is 0 Å². The van der Waals surface area contributed by atoms with E-state index >= 15 is 0 Å². The van der Waals surface area contributed by atoms with Crippen molar-refractivity contribution >= 4 is 11.6 Å². The first-order valence-electron chi connectivity index (χ1n) is 6.09. The molecule has 4 heteroatoms. The summed E-state index contributed by atoms with van der Waals surface area (Å²) < 4.78 is 0. The minimum atomic E-state index is -0.311. The Morgan fingerprint density at radius 2 is 1.74 bits per heavy atom. The second-order valence-electron chi connectivity index (χ2n) is 4.32. The number of hydroxylamine groups is 2. The summed E-state index contributed by atoms with van der Waals surface area (Å²) in [5.41, 5.74) is 2.43. The van der Waals surface area contributed by atoms with E-state index in [1.165, 1.54) is 12.2 Å². The maximum Gasteiger partial charge on any atom is 0.281 e. The van der Waals surface area contributed by atoms with Crippen molar-refractivity contribution < 1.29 is 9.63 Å². The van der Waals surface area contributed by atoms with E-state index in [-0.39, 0.29) is 12.1 Å². The van der Waals surface area contributed by atoms with Gasteiger partial charge in [-0.1, -0.05) is 42.5 Å². The zero-order valence-electron chi connectivity index (χ0n) is 10.5. The zero-order chi connectivity index (χ0) is 13.2. The van der Waals surface area contributed by atoms with Gasteiger partial charge in [0.25, 0.3) is 5.91 Å². The van der Waals surface area contributed by atoms with E-state index in [1.807, 2.05) is 48.5 Å². The summed E-state index contributed by atoms with van der Waals surface area (Å²) in [5.74, 6) is -0.134. The molecule has 1 unspecified atom stereocenters. The number of benzene rings is 2. The van der Waals surface area contributed by atoms with Gasteiger partial charge in [0.15, 0.2) is 6.17 Å². The molecule has 0 aromatic heterocycles. The Morgan fingerprint density at radius 1 is 1.05 bits per heavy atom. The fraction of sp³-hybridized carbons (Fsp3) is 0.133. The molecule has 1 atom stereocenters. The first kappa shape index (κ1) is 11.7. The summed E-state index contributed by atoms with van der Waals surface area (Å²) in [6.07, 6.45) is -0.311. The van der Waals surface area contributed by atoms with Crippen LogP contribution >= 0.6 is 0 Å². The van der Waals surface area contributed by atoms with Gasteiger partial charge in [-0.25, -0.2) is 0 Å². The molecule has 1 heterocycles. The van der Waals surface area contributed by atoms with Crippen LogP contribution in [0.2, 0.25) is 0 Å². The third kappa shape index (κ3) is 1.96. The predicted octanol–water partition coefficient (Wildman–Crippen LogP) is 2.81. The fourth-order valence-corrected chi connectivity index (χ4v) is 2.28. The molecule has 19 heavy (non-hydrogen) atoms. The van der Waals surface area contributed by atoms with Gasteiger partial charge in [-0.2, -0.15) is 5.06 Å². The number of carbonyl (C=O) groups is 1. The van der Waals surface area contributed by atoms with Crippen LogP contribution in [-0.4, -0.2) is 18.1 Å². The van der Waals surface area contributed by atoms with Gasteiger partial charge in [0.05, 0.1) is 12.7 Å². The molecule has 0 saturated carbocycles.